The van der Waals surface area contributed by atoms with Crippen LogP contribution in [-0.4, -0.2) is 41.8 Å². The molecule has 4 rings (SSSR count). The minimum atomic E-state index is -1.23. The fraction of sp³-hybridized carbons (Fsp3) is 0.286. The minimum Gasteiger partial charge on any atom is -0.490 e. The first kappa shape index (κ1) is 20.1. The Morgan fingerprint density at radius 3 is 2.63 bits per heavy atom. The zero-order valence-corrected chi connectivity index (χ0v) is 17.2. The van der Waals surface area contributed by atoms with E-state index in [1.165, 1.54) is 11.8 Å². The van der Waals surface area contributed by atoms with Crippen molar-refractivity contribution in [3.8, 4) is 11.5 Å². The number of ether oxygens (including phenoxy) is 2. The Morgan fingerprint density at radius 1 is 1.13 bits per heavy atom. The lowest BCUT2D eigenvalue weighted by Gasteiger charge is -2.22. The Balaban J connectivity index is 1.38. The van der Waals surface area contributed by atoms with Gasteiger partial charge in [-0.1, -0.05) is 30.3 Å². The molecule has 30 heavy (non-hydrogen) atoms. The highest BCUT2D eigenvalue weighted by Crippen LogP contribution is 2.34. The van der Waals surface area contributed by atoms with Gasteiger partial charge in [0.1, 0.15) is 5.54 Å². The van der Waals surface area contributed by atoms with Crippen LogP contribution in [0.3, 0.4) is 0 Å². The van der Waals surface area contributed by atoms with E-state index in [2.05, 4.69) is 10.7 Å². The van der Waals surface area contributed by atoms with Crippen LogP contribution in [0.15, 0.2) is 53.4 Å². The molecule has 1 atom stereocenters. The average Bonchev–Trinajstić information content (AvgIpc) is 2.92. The zero-order valence-electron chi connectivity index (χ0n) is 16.3. The fourth-order valence-electron chi connectivity index (χ4n) is 3.25. The number of imide groups is 1. The highest BCUT2D eigenvalue weighted by molar-refractivity contribution is 8.00. The summed E-state index contributed by atoms with van der Waals surface area (Å²) in [5, 5.41) is 3.39. The van der Waals surface area contributed by atoms with Gasteiger partial charge in [-0.05, 0) is 30.7 Å². The lowest BCUT2D eigenvalue weighted by atomic mass is 9.92. The van der Waals surface area contributed by atoms with Crippen molar-refractivity contribution in [2.24, 2.45) is 0 Å². The van der Waals surface area contributed by atoms with Gasteiger partial charge in [-0.2, -0.15) is 5.01 Å². The number of rotatable bonds is 5. The molecule has 0 bridgehead atoms. The number of carbonyl (C=O) groups is 3. The van der Waals surface area contributed by atoms with Gasteiger partial charge in [0.15, 0.2) is 11.5 Å². The number of nitrogens with zero attached hydrogens (tertiary/aromatic N) is 1. The largest absolute Gasteiger partial charge is 0.490 e. The van der Waals surface area contributed by atoms with Gasteiger partial charge >= 0.3 is 6.03 Å². The Hall–Kier alpha value is -3.20. The molecule has 1 saturated heterocycles. The Morgan fingerprint density at radius 2 is 1.87 bits per heavy atom. The molecular weight excluding hydrogens is 406 g/mol. The summed E-state index contributed by atoms with van der Waals surface area (Å²) < 4.78 is 11.2. The van der Waals surface area contributed by atoms with Gasteiger partial charge in [-0.3, -0.25) is 15.0 Å². The van der Waals surface area contributed by atoms with Crippen LogP contribution in [0.25, 0.3) is 0 Å². The third-order valence-electron chi connectivity index (χ3n) is 4.87. The Kier molecular flexibility index (Phi) is 5.54. The molecule has 0 spiro atoms. The van der Waals surface area contributed by atoms with E-state index in [4.69, 9.17) is 9.47 Å². The number of hydrazine groups is 1. The summed E-state index contributed by atoms with van der Waals surface area (Å²) in [7, 11) is 0. The van der Waals surface area contributed by atoms with Crippen LogP contribution in [0.5, 0.6) is 11.5 Å². The Labute approximate surface area is 177 Å². The quantitative estimate of drug-likeness (QED) is 0.562. The maximum atomic E-state index is 12.8. The third-order valence-corrected chi connectivity index (χ3v) is 5.86. The van der Waals surface area contributed by atoms with Gasteiger partial charge in [0.2, 0.25) is 5.91 Å². The van der Waals surface area contributed by atoms with E-state index in [1.807, 2.05) is 24.3 Å². The van der Waals surface area contributed by atoms with Gasteiger partial charge in [0.05, 0.1) is 19.0 Å². The molecule has 2 N–H and O–H groups in total. The molecule has 2 aliphatic rings. The molecule has 0 aliphatic carbocycles. The molecule has 0 aromatic heterocycles. The molecule has 0 saturated carbocycles. The van der Waals surface area contributed by atoms with Crippen LogP contribution in [0.4, 0.5) is 4.79 Å². The number of nitrogens with one attached hydrogen (secondary N) is 2. The highest BCUT2D eigenvalue weighted by atomic mass is 32.2. The van der Waals surface area contributed by atoms with E-state index >= 15 is 0 Å². The number of benzene rings is 2. The number of thioether (sulfide) groups is 1. The summed E-state index contributed by atoms with van der Waals surface area (Å²) in [5.41, 5.74) is 1.81. The monoisotopic (exact) mass is 427 g/mol. The fourth-order valence-corrected chi connectivity index (χ4v) is 3.96. The molecule has 2 aromatic rings. The number of urea groups is 1. The molecule has 156 valence electrons. The van der Waals surface area contributed by atoms with E-state index in [-0.39, 0.29) is 5.75 Å². The number of fused-ring (bicyclic) bond motifs is 1. The first-order valence-electron chi connectivity index (χ1n) is 9.51. The molecule has 1 fully saturated rings. The van der Waals surface area contributed by atoms with Crippen LogP contribution < -0.4 is 20.2 Å². The van der Waals surface area contributed by atoms with Gasteiger partial charge in [0, 0.05) is 11.3 Å². The number of hydrogen-bond acceptors (Lipinski definition) is 6. The van der Waals surface area contributed by atoms with Crippen molar-refractivity contribution in [1.82, 2.24) is 15.8 Å². The molecule has 9 heteroatoms. The predicted octanol–water partition coefficient (Wildman–Crippen LogP) is 2.44. The smallest absolute Gasteiger partial charge is 0.344 e. The molecule has 2 heterocycles. The van der Waals surface area contributed by atoms with Crippen LogP contribution in [0.2, 0.25) is 0 Å². The van der Waals surface area contributed by atoms with E-state index < -0.39 is 23.4 Å². The van der Waals surface area contributed by atoms with Gasteiger partial charge in [-0.15, -0.1) is 11.8 Å². The van der Waals surface area contributed by atoms with Crippen LogP contribution in [0, 0.1) is 0 Å². The van der Waals surface area contributed by atoms with Crippen molar-refractivity contribution in [3.05, 3.63) is 54.1 Å². The molecule has 2 aliphatic heterocycles. The second kappa shape index (κ2) is 8.27. The van der Waals surface area contributed by atoms with Gasteiger partial charge in [-0.25, -0.2) is 4.79 Å². The molecular formula is C21H21N3O5S. The minimum absolute atomic E-state index is 0.0265. The molecule has 4 amide bonds. The maximum Gasteiger partial charge on any atom is 0.344 e. The van der Waals surface area contributed by atoms with Gasteiger partial charge < -0.3 is 14.8 Å². The summed E-state index contributed by atoms with van der Waals surface area (Å²) in [6.07, 6.45) is 0.813. The van der Waals surface area contributed by atoms with Crippen molar-refractivity contribution in [1.29, 1.82) is 0 Å². The first-order valence-corrected chi connectivity index (χ1v) is 10.5. The summed E-state index contributed by atoms with van der Waals surface area (Å²) in [6, 6.07) is 13.7. The number of hydrogen-bond donors (Lipinski definition) is 2. The van der Waals surface area contributed by atoms with Crippen molar-refractivity contribution in [2.75, 3.05) is 19.0 Å². The number of carbonyl (C=O) groups excluding carboxylic acids is 3. The lowest BCUT2D eigenvalue weighted by Crippen LogP contribution is -2.48. The second-order valence-corrected chi connectivity index (χ2v) is 8.09. The van der Waals surface area contributed by atoms with E-state index in [1.54, 1.807) is 31.2 Å². The van der Waals surface area contributed by atoms with Gasteiger partial charge in [0.25, 0.3) is 5.91 Å². The summed E-state index contributed by atoms with van der Waals surface area (Å²) >= 11 is 1.27. The molecule has 8 nitrogen and oxygen atoms in total. The summed E-state index contributed by atoms with van der Waals surface area (Å²) in [4.78, 5) is 38.4. The Bertz CT molecular complexity index is 984. The van der Waals surface area contributed by atoms with Crippen LogP contribution in [0.1, 0.15) is 18.9 Å². The molecule has 0 radical (unpaired) electrons. The number of amides is 4. The highest BCUT2D eigenvalue weighted by Gasteiger charge is 2.49. The molecule has 1 unspecified atom stereocenters. The SMILES string of the molecule is CC1(c2ccccc2)NC(=O)N(NC(=O)CSc2ccc3c(c2)OCCCO3)C1=O. The van der Waals surface area contributed by atoms with Crippen molar-refractivity contribution in [2.45, 2.75) is 23.8 Å². The van der Waals surface area contributed by atoms with E-state index in [9.17, 15) is 14.4 Å². The van der Waals surface area contributed by atoms with Crippen molar-refractivity contribution < 1.29 is 23.9 Å². The summed E-state index contributed by atoms with van der Waals surface area (Å²) in [6.45, 7) is 2.80. The normalized spacial score (nSPS) is 20.5. The van der Waals surface area contributed by atoms with Crippen molar-refractivity contribution in [3.63, 3.8) is 0 Å². The molecule has 2 aromatic carbocycles. The van der Waals surface area contributed by atoms with E-state index in [0.717, 1.165) is 16.3 Å². The zero-order chi connectivity index (χ0) is 21.1. The van der Waals surface area contributed by atoms with E-state index in [0.29, 0.717) is 30.3 Å². The topological polar surface area (TPSA) is 97.0 Å². The summed E-state index contributed by atoms with van der Waals surface area (Å²) in [5.74, 6) is 0.352. The maximum absolute atomic E-state index is 12.8. The van der Waals surface area contributed by atoms with Crippen LogP contribution >= 0.6 is 11.8 Å². The van der Waals surface area contributed by atoms with Crippen molar-refractivity contribution >= 4 is 29.6 Å². The predicted molar refractivity (Wildman–Crippen MR) is 110 cm³/mol. The second-order valence-electron chi connectivity index (χ2n) is 7.04. The third kappa shape index (κ3) is 3.93. The van der Waals surface area contributed by atoms with Crippen LogP contribution in [-0.2, 0) is 15.1 Å². The lowest BCUT2D eigenvalue weighted by molar-refractivity contribution is -0.138. The first-order chi connectivity index (χ1) is 14.5. The average molecular weight is 427 g/mol. The standard InChI is InChI=1S/C21H21N3O5S/c1-21(14-6-3-2-4-7-14)19(26)24(20(27)22-21)23-18(25)13-30-15-8-9-16-17(12-15)29-11-5-10-28-16/h2-4,6-9,12H,5,10-11,13H2,1H3,(H,22,27)(H,23,25).